The first-order chi connectivity index (χ1) is 23.3. The Morgan fingerprint density at radius 3 is 1.68 bits per heavy atom. The normalized spacial score (nSPS) is 32.8. The molecule has 0 amide bonds. The highest BCUT2D eigenvalue weighted by atomic mass is 17.2. The van der Waals surface area contributed by atoms with Gasteiger partial charge in [0.15, 0.2) is 18.4 Å². The maximum absolute atomic E-state index is 12.8. The van der Waals surface area contributed by atoms with Gasteiger partial charge in [-0.25, -0.2) is 38.7 Å². The molecule has 2 rings (SSSR count). The summed E-state index contributed by atoms with van der Waals surface area (Å²) in [5.74, 6) is -9.77. The van der Waals surface area contributed by atoms with Crippen LogP contribution in [-0.4, -0.2) is 191 Å². The molecule has 0 aliphatic carbocycles. The summed E-state index contributed by atoms with van der Waals surface area (Å²) in [6.07, 6.45) is -29.2. The lowest BCUT2D eigenvalue weighted by Gasteiger charge is -2.42. The zero-order valence-corrected chi connectivity index (χ0v) is 26.2. The second-order valence-electron chi connectivity index (χ2n) is 11.0. The van der Waals surface area contributed by atoms with Crippen LogP contribution in [0.2, 0.25) is 0 Å². The average Bonchev–Trinajstić information content (AvgIpc) is 3.08. The SMILES string of the molecule is CC(=O)OOC(=O)CC(C(=O)OOC(C)=O)C(=O)[C@H](O)[C@@H](O)[C@H](O)[C@H](O)CO[C@H]1O[C@H](CO[C@H]2O[C@H](CO)[C@@H](O)[C@H](O)[C@H]2O)[C@@H](O)[C@H](O)[C@H]1O. The minimum Gasteiger partial charge on any atom is -0.394 e. The average molecular weight is 737 g/mol. The Morgan fingerprint density at radius 2 is 1.14 bits per heavy atom. The fourth-order valence-electron chi connectivity index (χ4n) is 4.43. The van der Waals surface area contributed by atoms with Crippen LogP contribution in [-0.2, 0) is 62.5 Å². The molecular formula is C26H40O24. The zero-order valence-electron chi connectivity index (χ0n) is 26.2. The molecule has 24 heteroatoms. The minimum atomic E-state index is -2.77. The Hall–Kier alpha value is -3.05. The van der Waals surface area contributed by atoms with Gasteiger partial charge in [-0.2, -0.15) is 0 Å². The summed E-state index contributed by atoms with van der Waals surface area (Å²) in [4.78, 5) is 74.9. The predicted octanol–water partition coefficient (Wildman–Crippen LogP) is -8.31. The molecule has 0 spiro atoms. The molecule has 2 saturated heterocycles. The van der Waals surface area contributed by atoms with Crippen LogP contribution in [0.3, 0.4) is 0 Å². The lowest BCUT2D eigenvalue weighted by molar-refractivity contribution is -0.333. The van der Waals surface area contributed by atoms with E-state index in [2.05, 4.69) is 19.6 Å². The first kappa shape index (κ1) is 43.1. The van der Waals surface area contributed by atoms with Gasteiger partial charge in [-0.05, 0) is 0 Å². The number of carbonyl (C=O) groups excluding carboxylic acids is 5. The molecule has 0 saturated carbocycles. The summed E-state index contributed by atoms with van der Waals surface area (Å²) in [7, 11) is 0. The summed E-state index contributed by atoms with van der Waals surface area (Å²) in [5, 5.41) is 112. The molecule has 0 radical (unpaired) electrons. The summed E-state index contributed by atoms with van der Waals surface area (Å²) < 4.78 is 20.9. The van der Waals surface area contributed by atoms with Gasteiger partial charge in [0, 0.05) is 13.8 Å². The van der Waals surface area contributed by atoms with Crippen molar-refractivity contribution in [3.05, 3.63) is 0 Å². The Kier molecular flexibility index (Phi) is 16.8. The maximum Gasteiger partial charge on any atom is 0.366 e. The third kappa shape index (κ3) is 11.5. The van der Waals surface area contributed by atoms with Gasteiger partial charge in [-0.3, -0.25) is 4.79 Å². The van der Waals surface area contributed by atoms with E-state index in [1.165, 1.54) is 0 Å². The molecule has 0 aromatic carbocycles. The number of Topliss-reactive ketones (excluding diaryl/α,β-unsaturated/α-hetero) is 1. The summed E-state index contributed by atoms with van der Waals surface area (Å²) >= 11 is 0. The lowest BCUT2D eigenvalue weighted by Crippen LogP contribution is -2.62. The minimum absolute atomic E-state index is 0.735. The van der Waals surface area contributed by atoms with E-state index in [-0.39, 0.29) is 0 Å². The smallest absolute Gasteiger partial charge is 0.366 e. The van der Waals surface area contributed by atoms with Crippen LogP contribution >= 0.6 is 0 Å². The van der Waals surface area contributed by atoms with Crippen molar-refractivity contribution in [2.24, 2.45) is 5.92 Å². The number of hydrogen-bond donors (Lipinski definition) is 11. The highest BCUT2D eigenvalue weighted by Crippen LogP contribution is 2.26. The zero-order chi connectivity index (χ0) is 38.0. The second-order valence-corrected chi connectivity index (χ2v) is 11.0. The van der Waals surface area contributed by atoms with Gasteiger partial charge < -0.3 is 75.1 Å². The van der Waals surface area contributed by atoms with E-state index in [0.29, 0.717) is 0 Å². The van der Waals surface area contributed by atoms with E-state index >= 15 is 0 Å². The van der Waals surface area contributed by atoms with Crippen LogP contribution in [0.5, 0.6) is 0 Å². The second kappa shape index (κ2) is 19.5. The molecule has 1 unspecified atom stereocenters. The van der Waals surface area contributed by atoms with E-state index in [4.69, 9.17) is 18.9 Å². The fourth-order valence-corrected chi connectivity index (χ4v) is 4.43. The highest BCUT2D eigenvalue weighted by Gasteiger charge is 2.48. The largest absolute Gasteiger partial charge is 0.394 e. The molecule has 50 heavy (non-hydrogen) atoms. The Bertz CT molecular complexity index is 1150. The summed E-state index contributed by atoms with van der Waals surface area (Å²) in [5.41, 5.74) is 0. The number of aliphatic hydroxyl groups excluding tert-OH is 11. The van der Waals surface area contributed by atoms with Gasteiger partial charge in [0.2, 0.25) is 0 Å². The van der Waals surface area contributed by atoms with Crippen molar-refractivity contribution in [3.8, 4) is 0 Å². The molecule has 2 heterocycles. The molecule has 0 bridgehead atoms. The standard InChI is InChI=1S/C26H40O24/c1-7(28)47-49-13(31)3-9(24(42)50-48-8(2)29)14(32)18(36)19(37)15(33)10(30)5-43-25-23(41)21(39)17(35)12(46-25)6-44-26-22(40)20(38)16(34)11(4-27)45-26/h9-12,15-23,25-27,30,33-41H,3-6H2,1-2H3/t9?,10-,11-,12-,15-,16-,17-,18+,19+,20+,21+,22-,23-,25+,26+/m1/s1. The van der Waals surface area contributed by atoms with Crippen LogP contribution < -0.4 is 0 Å². The van der Waals surface area contributed by atoms with Crippen molar-refractivity contribution in [2.75, 3.05) is 19.8 Å². The van der Waals surface area contributed by atoms with E-state index in [9.17, 15) is 80.1 Å². The Labute approximate surface area is 280 Å². The van der Waals surface area contributed by atoms with Gasteiger partial charge in [0.05, 0.1) is 26.2 Å². The van der Waals surface area contributed by atoms with Crippen molar-refractivity contribution in [3.63, 3.8) is 0 Å². The molecular weight excluding hydrogens is 696 g/mol. The van der Waals surface area contributed by atoms with Gasteiger partial charge in [-0.15, -0.1) is 0 Å². The monoisotopic (exact) mass is 736 g/mol. The number of hydrogen-bond acceptors (Lipinski definition) is 24. The third-order valence-corrected chi connectivity index (χ3v) is 7.22. The van der Waals surface area contributed by atoms with E-state index in [1.807, 2.05) is 0 Å². The van der Waals surface area contributed by atoms with Gasteiger partial charge >= 0.3 is 23.9 Å². The Morgan fingerprint density at radius 1 is 0.640 bits per heavy atom. The van der Waals surface area contributed by atoms with Crippen LogP contribution in [0, 0.1) is 5.92 Å². The molecule has 11 N–H and O–H groups in total. The van der Waals surface area contributed by atoms with Crippen molar-refractivity contribution >= 4 is 29.7 Å². The predicted molar refractivity (Wildman–Crippen MR) is 145 cm³/mol. The van der Waals surface area contributed by atoms with E-state index < -0.39 is 148 Å². The van der Waals surface area contributed by atoms with Crippen molar-refractivity contribution < 1.29 is 119 Å². The molecule has 0 aromatic rings. The number of rotatable bonds is 15. The topological polar surface area (TPSA) is 382 Å². The fraction of sp³-hybridized carbons (Fsp3) is 0.808. The van der Waals surface area contributed by atoms with E-state index in [1.54, 1.807) is 0 Å². The highest BCUT2D eigenvalue weighted by molar-refractivity contribution is 6.03. The van der Waals surface area contributed by atoms with Crippen LogP contribution in [0.4, 0.5) is 0 Å². The summed E-state index contributed by atoms with van der Waals surface area (Å²) in [6, 6.07) is 0. The van der Waals surface area contributed by atoms with Crippen molar-refractivity contribution in [2.45, 2.75) is 106 Å². The van der Waals surface area contributed by atoms with Gasteiger partial charge in [0.1, 0.15) is 79.2 Å². The van der Waals surface area contributed by atoms with Crippen LogP contribution in [0.1, 0.15) is 20.3 Å². The number of ketones is 1. The van der Waals surface area contributed by atoms with Crippen molar-refractivity contribution in [1.29, 1.82) is 0 Å². The quantitative estimate of drug-likeness (QED) is 0.0422. The maximum atomic E-state index is 12.8. The van der Waals surface area contributed by atoms with Gasteiger partial charge in [0.25, 0.3) is 0 Å². The molecule has 0 aromatic heterocycles. The van der Waals surface area contributed by atoms with Crippen LogP contribution in [0.15, 0.2) is 0 Å². The van der Waals surface area contributed by atoms with Crippen LogP contribution in [0.25, 0.3) is 0 Å². The first-order valence-electron chi connectivity index (χ1n) is 14.6. The molecule has 2 aliphatic heterocycles. The lowest BCUT2D eigenvalue weighted by atomic mass is 9.91. The molecule has 24 nitrogen and oxygen atoms in total. The number of ether oxygens (including phenoxy) is 4. The number of aliphatic hydroxyl groups is 11. The summed E-state index contributed by atoms with van der Waals surface area (Å²) in [6.45, 7) is -0.986. The molecule has 15 atom stereocenters. The Balaban J connectivity index is 2.04. The first-order valence-corrected chi connectivity index (χ1v) is 14.6. The van der Waals surface area contributed by atoms with Crippen molar-refractivity contribution in [1.82, 2.24) is 0 Å². The molecule has 2 aliphatic rings. The molecule has 288 valence electrons. The molecule has 2 fully saturated rings. The van der Waals surface area contributed by atoms with Gasteiger partial charge in [-0.1, -0.05) is 0 Å². The van der Waals surface area contributed by atoms with E-state index in [0.717, 1.165) is 13.8 Å². The number of carbonyl (C=O) groups is 5. The third-order valence-electron chi connectivity index (χ3n) is 7.22.